The van der Waals surface area contributed by atoms with Crippen LogP contribution in [0.1, 0.15) is 23.5 Å². The summed E-state index contributed by atoms with van der Waals surface area (Å²) in [5.74, 6) is 2.37. The monoisotopic (exact) mass is 468 g/mol. The third-order valence-corrected chi connectivity index (χ3v) is 6.86. The maximum Gasteiger partial charge on any atom is 0.226 e. The highest BCUT2D eigenvalue weighted by atomic mass is 32.1. The molecule has 1 aliphatic heterocycles. The van der Waals surface area contributed by atoms with Gasteiger partial charge in [0.1, 0.15) is 11.6 Å². The third-order valence-electron chi connectivity index (χ3n) is 5.85. The number of anilines is 1. The Balaban J connectivity index is 1.37. The van der Waals surface area contributed by atoms with Crippen molar-refractivity contribution < 1.29 is 14.3 Å². The normalized spacial score (nSPS) is 15.1. The Morgan fingerprint density at radius 3 is 2.68 bits per heavy atom. The molecular weight excluding hydrogens is 448 g/mol. The van der Waals surface area contributed by atoms with E-state index in [0.29, 0.717) is 28.9 Å². The van der Waals surface area contributed by atoms with Gasteiger partial charge in [0.25, 0.3) is 0 Å². The summed E-state index contributed by atoms with van der Waals surface area (Å²) in [6, 6.07) is 23.3. The Hall–Kier alpha value is -4.17. The summed E-state index contributed by atoms with van der Waals surface area (Å²) < 4.78 is 14.4. The van der Waals surface area contributed by atoms with E-state index in [0.717, 1.165) is 27.1 Å². The number of hydrogen-bond acceptors (Lipinski definition) is 6. The molecule has 2 aromatic heterocycles. The van der Waals surface area contributed by atoms with Crippen LogP contribution in [0, 0.1) is 0 Å². The molecule has 34 heavy (non-hydrogen) atoms. The number of para-hydroxylation sites is 2. The fourth-order valence-corrected chi connectivity index (χ4v) is 5.14. The van der Waals surface area contributed by atoms with Crippen molar-refractivity contribution >= 4 is 33.3 Å². The molecule has 1 amide bonds. The van der Waals surface area contributed by atoms with Crippen molar-refractivity contribution in [2.75, 3.05) is 12.4 Å². The zero-order valence-electron chi connectivity index (χ0n) is 18.3. The van der Waals surface area contributed by atoms with Gasteiger partial charge in [-0.25, -0.2) is 4.98 Å². The average Bonchev–Trinajstić information content (AvgIpc) is 3.48. The Kier molecular flexibility index (Phi) is 5.00. The number of amides is 1. The van der Waals surface area contributed by atoms with Crippen LogP contribution < -0.4 is 14.8 Å². The van der Waals surface area contributed by atoms with Crippen LogP contribution in [0.25, 0.3) is 15.3 Å². The van der Waals surface area contributed by atoms with Crippen molar-refractivity contribution in [3.63, 3.8) is 0 Å². The first-order valence-electron chi connectivity index (χ1n) is 10.8. The van der Waals surface area contributed by atoms with Crippen LogP contribution in [-0.2, 0) is 4.79 Å². The zero-order chi connectivity index (χ0) is 23.1. The summed E-state index contributed by atoms with van der Waals surface area (Å²) in [4.78, 5) is 17.4. The van der Waals surface area contributed by atoms with Gasteiger partial charge in [-0.3, -0.25) is 4.79 Å². The van der Waals surface area contributed by atoms with Crippen LogP contribution in [0.3, 0.4) is 0 Å². The molecule has 3 aromatic carbocycles. The quantitative estimate of drug-likeness (QED) is 0.355. The molecule has 0 aliphatic carbocycles. The van der Waals surface area contributed by atoms with E-state index >= 15 is 0 Å². The molecule has 1 unspecified atom stereocenters. The van der Waals surface area contributed by atoms with Crippen molar-refractivity contribution in [3.8, 4) is 22.4 Å². The van der Waals surface area contributed by atoms with Crippen molar-refractivity contribution in [2.24, 2.45) is 0 Å². The SMILES string of the molecule is COc1cc(C2CC(=O)Nc3c2cnn3-c2nc3ccccc3s2)ccc1Oc1ccccc1. The van der Waals surface area contributed by atoms with Gasteiger partial charge in [0, 0.05) is 17.9 Å². The number of carbonyl (C=O) groups excluding carboxylic acids is 1. The van der Waals surface area contributed by atoms with Crippen LogP contribution >= 0.6 is 11.3 Å². The van der Waals surface area contributed by atoms with Crippen LogP contribution in [0.4, 0.5) is 5.82 Å². The highest BCUT2D eigenvalue weighted by Crippen LogP contribution is 2.42. The van der Waals surface area contributed by atoms with Crippen LogP contribution in [0.5, 0.6) is 17.2 Å². The van der Waals surface area contributed by atoms with E-state index in [4.69, 9.17) is 14.5 Å². The van der Waals surface area contributed by atoms with Crippen LogP contribution in [0.2, 0.25) is 0 Å². The molecule has 0 spiro atoms. The first-order chi connectivity index (χ1) is 16.7. The average molecular weight is 469 g/mol. The molecule has 8 heteroatoms. The number of carbonyl (C=O) groups is 1. The molecule has 0 saturated heterocycles. The fourth-order valence-electron chi connectivity index (χ4n) is 4.21. The van der Waals surface area contributed by atoms with E-state index in [1.54, 1.807) is 11.8 Å². The topological polar surface area (TPSA) is 78.3 Å². The molecule has 7 nitrogen and oxygen atoms in total. The number of thiazole rings is 1. The second kappa shape index (κ2) is 8.31. The summed E-state index contributed by atoms with van der Waals surface area (Å²) in [5.41, 5.74) is 2.80. The van der Waals surface area contributed by atoms with Crippen molar-refractivity contribution in [3.05, 3.63) is 90.1 Å². The fraction of sp³-hybridized carbons (Fsp3) is 0.115. The van der Waals surface area contributed by atoms with Gasteiger partial charge in [-0.15, -0.1) is 0 Å². The molecular formula is C26H20N4O3S. The Morgan fingerprint density at radius 2 is 1.85 bits per heavy atom. The van der Waals surface area contributed by atoms with Gasteiger partial charge in [-0.05, 0) is 42.0 Å². The maximum atomic E-state index is 12.7. The number of nitrogens with one attached hydrogen (secondary N) is 1. The predicted molar refractivity (Wildman–Crippen MR) is 131 cm³/mol. The highest BCUT2D eigenvalue weighted by Gasteiger charge is 2.31. The molecule has 0 radical (unpaired) electrons. The van der Waals surface area contributed by atoms with Crippen LogP contribution in [-0.4, -0.2) is 27.8 Å². The summed E-state index contributed by atoms with van der Waals surface area (Å²) in [6.45, 7) is 0. The molecule has 5 aromatic rings. The lowest BCUT2D eigenvalue weighted by Gasteiger charge is -2.24. The molecule has 1 N–H and O–H groups in total. The van der Waals surface area contributed by atoms with Gasteiger partial charge in [-0.2, -0.15) is 9.78 Å². The number of rotatable bonds is 5. The summed E-state index contributed by atoms with van der Waals surface area (Å²) in [5, 5.41) is 8.29. The van der Waals surface area contributed by atoms with E-state index in [2.05, 4.69) is 10.4 Å². The minimum Gasteiger partial charge on any atom is -0.493 e. The van der Waals surface area contributed by atoms with Crippen molar-refractivity contribution in [2.45, 2.75) is 12.3 Å². The number of benzene rings is 3. The molecule has 0 saturated carbocycles. The number of fused-ring (bicyclic) bond motifs is 2. The number of ether oxygens (including phenoxy) is 2. The smallest absolute Gasteiger partial charge is 0.226 e. The van der Waals surface area contributed by atoms with Gasteiger partial charge >= 0.3 is 0 Å². The van der Waals surface area contributed by atoms with Gasteiger partial charge in [0.05, 0.1) is 23.5 Å². The molecule has 3 heterocycles. The molecule has 1 aliphatic rings. The summed E-state index contributed by atoms with van der Waals surface area (Å²) >= 11 is 1.54. The highest BCUT2D eigenvalue weighted by molar-refractivity contribution is 7.20. The second-order valence-electron chi connectivity index (χ2n) is 7.95. The van der Waals surface area contributed by atoms with Gasteiger partial charge < -0.3 is 14.8 Å². The predicted octanol–water partition coefficient (Wildman–Crippen LogP) is 5.76. The number of nitrogens with zero attached hydrogens (tertiary/aromatic N) is 3. The molecule has 6 rings (SSSR count). The summed E-state index contributed by atoms with van der Waals surface area (Å²) in [6.07, 6.45) is 2.13. The molecule has 168 valence electrons. The van der Waals surface area contributed by atoms with Gasteiger partial charge in [-0.1, -0.05) is 47.7 Å². The first-order valence-corrected chi connectivity index (χ1v) is 11.7. The molecule has 0 fully saturated rings. The van der Waals surface area contributed by atoms with E-state index in [-0.39, 0.29) is 11.8 Å². The van der Waals surface area contributed by atoms with Gasteiger partial charge in [0.2, 0.25) is 11.0 Å². The standard InChI is InChI=1S/C26H20N4O3S/c1-32-22-13-16(11-12-21(22)33-17-7-3-2-4-8-17)18-14-24(31)29-25-19(18)15-27-30(25)26-28-20-9-5-6-10-23(20)34-26/h2-13,15,18H,14H2,1H3,(H,29,31). The Morgan fingerprint density at radius 1 is 1.03 bits per heavy atom. The minimum atomic E-state index is -0.161. The number of methoxy groups -OCH3 is 1. The van der Waals surface area contributed by atoms with Gasteiger partial charge in [0.15, 0.2) is 11.5 Å². The van der Waals surface area contributed by atoms with Crippen LogP contribution in [0.15, 0.2) is 79.0 Å². The van der Waals surface area contributed by atoms with E-state index in [1.165, 1.54) is 11.3 Å². The molecule has 0 bridgehead atoms. The van der Waals surface area contributed by atoms with E-state index < -0.39 is 0 Å². The zero-order valence-corrected chi connectivity index (χ0v) is 19.1. The summed E-state index contributed by atoms with van der Waals surface area (Å²) in [7, 11) is 1.61. The lowest BCUT2D eigenvalue weighted by atomic mass is 9.87. The first kappa shape index (κ1) is 20.4. The number of aromatic nitrogens is 3. The Labute approximate surface area is 199 Å². The van der Waals surface area contributed by atoms with E-state index in [1.807, 2.05) is 79.0 Å². The lowest BCUT2D eigenvalue weighted by Crippen LogP contribution is -2.24. The largest absolute Gasteiger partial charge is 0.493 e. The van der Waals surface area contributed by atoms with Crippen molar-refractivity contribution in [1.82, 2.24) is 14.8 Å². The van der Waals surface area contributed by atoms with E-state index in [9.17, 15) is 4.79 Å². The maximum absolute atomic E-state index is 12.7. The lowest BCUT2D eigenvalue weighted by molar-refractivity contribution is -0.116. The number of hydrogen-bond donors (Lipinski definition) is 1. The second-order valence-corrected chi connectivity index (χ2v) is 8.96. The third kappa shape index (κ3) is 3.58. The molecule has 1 atom stereocenters. The van der Waals surface area contributed by atoms with Crippen molar-refractivity contribution in [1.29, 1.82) is 0 Å². The minimum absolute atomic E-state index is 0.0658. The Bertz CT molecular complexity index is 1480.